The first kappa shape index (κ1) is 8.08. The molecule has 2 nitrogen and oxygen atoms in total. The Morgan fingerprint density at radius 2 is 2.33 bits per heavy atom. The summed E-state index contributed by atoms with van der Waals surface area (Å²) < 4.78 is 0. The molecule has 52 valence electrons. The summed E-state index contributed by atoms with van der Waals surface area (Å²) in [5, 5.41) is 2.94. The smallest absolute Gasteiger partial charge is 0.0524 e. The number of rotatable bonds is 3. The average Bonchev–Trinajstić information content (AvgIpc) is 1.82. The van der Waals surface area contributed by atoms with Gasteiger partial charge in [-0.1, -0.05) is 19.6 Å². The fourth-order valence-corrected chi connectivity index (χ4v) is 0.598. The Morgan fingerprint density at radius 3 is 2.44 bits per heavy atom. The van der Waals surface area contributed by atoms with E-state index in [1.165, 1.54) is 0 Å². The molecule has 0 unspecified atom stereocenters. The van der Waals surface area contributed by atoms with Gasteiger partial charge in [-0.2, -0.15) is 0 Å². The summed E-state index contributed by atoms with van der Waals surface area (Å²) in [6.07, 6.45) is 2.98. The summed E-state index contributed by atoms with van der Waals surface area (Å²) in [6.45, 7) is 5.65. The lowest BCUT2D eigenvalue weighted by atomic mass is 10.3. The molecule has 9 heavy (non-hydrogen) atoms. The highest BCUT2D eigenvalue weighted by Gasteiger charge is 1.90. The van der Waals surface area contributed by atoms with Crippen molar-refractivity contribution < 1.29 is 0 Å². The van der Waals surface area contributed by atoms with E-state index in [9.17, 15) is 0 Å². The summed E-state index contributed by atoms with van der Waals surface area (Å²) in [5.74, 6) is 0. The Hall–Kier alpha value is -0.920. The van der Waals surface area contributed by atoms with E-state index in [1.807, 2.05) is 13.1 Å². The van der Waals surface area contributed by atoms with Gasteiger partial charge < -0.3 is 11.1 Å². The van der Waals surface area contributed by atoms with E-state index in [4.69, 9.17) is 5.73 Å². The first-order valence-corrected chi connectivity index (χ1v) is 3.05. The van der Waals surface area contributed by atoms with Crippen molar-refractivity contribution in [1.82, 2.24) is 5.32 Å². The molecule has 0 heterocycles. The van der Waals surface area contributed by atoms with Crippen LogP contribution < -0.4 is 11.1 Å². The number of nitrogens with one attached hydrogen (secondary N) is 1. The minimum Gasteiger partial charge on any atom is -0.398 e. The van der Waals surface area contributed by atoms with Crippen molar-refractivity contribution in [1.29, 1.82) is 0 Å². The molecule has 0 aromatic heterocycles. The van der Waals surface area contributed by atoms with Gasteiger partial charge in [0.25, 0.3) is 0 Å². The van der Waals surface area contributed by atoms with E-state index in [0.29, 0.717) is 5.70 Å². The van der Waals surface area contributed by atoms with Gasteiger partial charge in [0, 0.05) is 12.7 Å². The van der Waals surface area contributed by atoms with Gasteiger partial charge in [-0.3, -0.25) is 0 Å². The lowest BCUT2D eigenvalue weighted by Gasteiger charge is -2.03. The Bertz CT molecular complexity index is 125. The van der Waals surface area contributed by atoms with Crippen LogP contribution in [0.2, 0.25) is 0 Å². The predicted molar refractivity (Wildman–Crippen MR) is 40.8 cm³/mol. The summed E-state index contributed by atoms with van der Waals surface area (Å²) in [4.78, 5) is 0. The van der Waals surface area contributed by atoms with Crippen molar-refractivity contribution in [2.75, 3.05) is 7.05 Å². The lowest BCUT2D eigenvalue weighted by molar-refractivity contribution is 0.970. The minimum atomic E-state index is 0.597. The van der Waals surface area contributed by atoms with Crippen LogP contribution in [0.15, 0.2) is 24.0 Å². The highest BCUT2D eigenvalue weighted by Crippen LogP contribution is 1.96. The molecule has 0 atom stereocenters. The normalized spacial score (nSPS) is 11.1. The van der Waals surface area contributed by atoms with Gasteiger partial charge in [0.05, 0.1) is 5.70 Å². The Balaban J connectivity index is 3.98. The number of hydrogen-bond acceptors (Lipinski definition) is 2. The van der Waals surface area contributed by atoms with E-state index in [1.54, 1.807) is 0 Å². The van der Waals surface area contributed by atoms with Gasteiger partial charge in [0.15, 0.2) is 0 Å². The Kier molecular flexibility index (Phi) is 3.60. The minimum absolute atomic E-state index is 0.597. The second kappa shape index (κ2) is 4.01. The first-order chi connectivity index (χ1) is 4.22. The highest BCUT2D eigenvalue weighted by atomic mass is 14.9. The molecule has 0 rings (SSSR count). The van der Waals surface area contributed by atoms with Crippen LogP contribution in [0.4, 0.5) is 0 Å². The molecule has 3 N–H and O–H groups in total. The zero-order valence-electron chi connectivity index (χ0n) is 6.07. The standard InChI is InChI=1S/C7H14N2/c1-4-5-7(9-3)6(2)8/h5,9H,2,4,8H2,1,3H3/b7-5+. The molecular weight excluding hydrogens is 112 g/mol. The van der Waals surface area contributed by atoms with Crippen molar-refractivity contribution in [3.63, 3.8) is 0 Å². The first-order valence-electron chi connectivity index (χ1n) is 3.05. The fourth-order valence-electron chi connectivity index (χ4n) is 0.598. The maximum absolute atomic E-state index is 5.41. The van der Waals surface area contributed by atoms with Gasteiger partial charge in [-0.05, 0) is 6.42 Å². The zero-order chi connectivity index (χ0) is 7.28. The van der Waals surface area contributed by atoms with E-state index in [-0.39, 0.29) is 0 Å². The third kappa shape index (κ3) is 2.80. The van der Waals surface area contributed by atoms with Crippen molar-refractivity contribution in [2.45, 2.75) is 13.3 Å². The Morgan fingerprint density at radius 1 is 1.78 bits per heavy atom. The van der Waals surface area contributed by atoms with Crippen molar-refractivity contribution in [3.05, 3.63) is 24.0 Å². The summed E-state index contributed by atoms with van der Waals surface area (Å²) in [7, 11) is 1.83. The van der Waals surface area contributed by atoms with Gasteiger partial charge in [0.1, 0.15) is 0 Å². The maximum Gasteiger partial charge on any atom is 0.0524 e. The number of hydrogen-bond donors (Lipinski definition) is 2. The molecule has 0 spiro atoms. The van der Waals surface area contributed by atoms with Crippen LogP contribution in [0.5, 0.6) is 0 Å². The van der Waals surface area contributed by atoms with Crippen molar-refractivity contribution in [3.8, 4) is 0 Å². The maximum atomic E-state index is 5.41. The molecule has 0 bridgehead atoms. The highest BCUT2D eigenvalue weighted by molar-refractivity contribution is 5.22. The van der Waals surface area contributed by atoms with E-state index in [2.05, 4.69) is 18.8 Å². The second-order valence-electron chi connectivity index (χ2n) is 1.80. The van der Waals surface area contributed by atoms with Crippen LogP contribution in [0, 0.1) is 0 Å². The molecule has 0 saturated heterocycles. The third-order valence-electron chi connectivity index (χ3n) is 1.02. The van der Waals surface area contributed by atoms with Crippen LogP contribution in [0.25, 0.3) is 0 Å². The molecule has 0 saturated carbocycles. The summed E-state index contributed by atoms with van der Waals surface area (Å²) in [5.41, 5.74) is 6.93. The molecule has 0 aromatic rings. The molecule has 0 aromatic carbocycles. The molecule has 0 aliphatic heterocycles. The number of nitrogens with two attached hydrogens (primary N) is 1. The average molecular weight is 126 g/mol. The van der Waals surface area contributed by atoms with Crippen LogP contribution >= 0.6 is 0 Å². The van der Waals surface area contributed by atoms with Crippen LogP contribution in [0.1, 0.15) is 13.3 Å². The van der Waals surface area contributed by atoms with Crippen LogP contribution in [-0.4, -0.2) is 7.05 Å². The fraction of sp³-hybridized carbons (Fsp3) is 0.429. The SMILES string of the molecule is C=C(N)/C(=C\CC)NC. The summed E-state index contributed by atoms with van der Waals surface area (Å²) >= 11 is 0. The molecule has 0 fully saturated rings. The predicted octanol–water partition coefficient (Wildman–Crippen LogP) is 0.972. The van der Waals surface area contributed by atoms with Crippen molar-refractivity contribution in [2.24, 2.45) is 5.73 Å². The third-order valence-corrected chi connectivity index (χ3v) is 1.02. The van der Waals surface area contributed by atoms with Crippen LogP contribution in [-0.2, 0) is 0 Å². The quantitative estimate of drug-likeness (QED) is 0.553. The lowest BCUT2D eigenvalue weighted by Crippen LogP contribution is -2.12. The van der Waals surface area contributed by atoms with E-state index < -0.39 is 0 Å². The van der Waals surface area contributed by atoms with E-state index in [0.717, 1.165) is 12.1 Å². The van der Waals surface area contributed by atoms with Gasteiger partial charge in [-0.25, -0.2) is 0 Å². The number of allylic oxidation sites excluding steroid dienone is 1. The van der Waals surface area contributed by atoms with Gasteiger partial charge in [0.2, 0.25) is 0 Å². The topological polar surface area (TPSA) is 38.0 Å². The number of likely N-dealkylation sites (N-methyl/N-ethyl adjacent to an activating group) is 1. The van der Waals surface area contributed by atoms with Gasteiger partial charge >= 0.3 is 0 Å². The summed E-state index contributed by atoms with van der Waals surface area (Å²) in [6, 6.07) is 0. The molecule has 0 amide bonds. The van der Waals surface area contributed by atoms with Gasteiger partial charge in [-0.15, -0.1) is 0 Å². The molecule has 2 heteroatoms. The monoisotopic (exact) mass is 126 g/mol. The molecule has 0 aliphatic rings. The van der Waals surface area contributed by atoms with Crippen LogP contribution in [0.3, 0.4) is 0 Å². The van der Waals surface area contributed by atoms with Crippen molar-refractivity contribution >= 4 is 0 Å². The zero-order valence-corrected chi connectivity index (χ0v) is 6.07. The molecular formula is C7H14N2. The molecule has 0 aliphatic carbocycles. The second-order valence-corrected chi connectivity index (χ2v) is 1.80. The molecule has 0 radical (unpaired) electrons. The van der Waals surface area contributed by atoms with E-state index >= 15 is 0 Å². The Labute approximate surface area is 56.4 Å². The largest absolute Gasteiger partial charge is 0.398 e.